The molecule has 1 atom stereocenters. The molecule has 0 spiro atoms. The van der Waals surface area contributed by atoms with E-state index in [9.17, 15) is 0 Å². The van der Waals surface area contributed by atoms with Crippen molar-refractivity contribution >= 4 is 14.7 Å². The van der Waals surface area contributed by atoms with Crippen LogP contribution in [0.2, 0.25) is 0 Å². The molecular formula is C5H7OP. The molecule has 0 aliphatic heterocycles. The van der Waals surface area contributed by atoms with Crippen LogP contribution in [0.1, 0.15) is 5.56 Å². The Balaban J connectivity index is 3.04. The summed E-state index contributed by atoms with van der Waals surface area (Å²) in [6, 6.07) is 1.96. The standard InChI is InChI=1S/C5H7OP/c1-4-2-5(7)6-3-4/h2-3H,7H2,1H3. The monoisotopic (exact) mass is 114 g/mol. The van der Waals surface area contributed by atoms with Crippen LogP contribution in [0.4, 0.5) is 0 Å². The molecule has 0 fully saturated rings. The van der Waals surface area contributed by atoms with Gasteiger partial charge in [0.25, 0.3) is 0 Å². The molecule has 1 heterocycles. The summed E-state index contributed by atoms with van der Waals surface area (Å²) in [5.41, 5.74) is 2.07. The van der Waals surface area contributed by atoms with Gasteiger partial charge in [-0.05, 0) is 18.6 Å². The summed E-state index contributed by atoms with van der Waals surface area (Å²) in [4.78, 5) is 0. The first-order chi connectivity index (χ1) is 3.29. The van der Waals surface area contributed by atoms with Crippen LogP contribution in [0, 0.1) is 6.92 Å². The molecule has 0 aliphatic rings. The summed E-state index contributed by atoms with van der Waals surface area (Å²) in [6.07, 6.45) is 1.72. The van der Waals surface area contributed by atoms with Crippen molar-refractivity contribution in [3.8, 4) is 0 Å². The van der Waals surface area contributed by atoms with Gasteiger partial charge < -0.3 is 4.42 Å². The summed E-state index contributed by atoms with van der Waals surface area (Å²) < 4.78 is 4.93. The highest BCUT2D eigenvalue weighted by Gasteiger charge is 1.86. The number of hydrogen-bond donors (Lipinski definition) is 0. The van der Waals surface area contributed by atoms with Crippen LogP contribution < -0.4 is 5.50 Å². The first-order valence-electron chi connectivity index (χ1n) is 2.09. The van der Waals surface area contributed by atoms with E-state index in [1.807, 2.05) is 13.0 Å². The molecule has 7 heavy (non-hydrogen) atoms. The maximum Gasteiger partial charge on any atom is 0.119 e. The minimum Gasteiger partial charge on any atom is -0.465 e. The lowest BCUT2D eigenvalue weighted by Gasteiger charge is -1.69. The van der Waals surface area contributed by atoms with Crippen molar-refractivity contribution in [2.45, 2.75) is 6.92 Å². The third-order valence-corrected chi connectivity index (χ3v) is 1.05. The SMILES string of the molecule is Cc1coc(P)c1. The predicted molar refractivity (Wildman–Crippen MR) is 32.8 cm³/mol. The summed E-state index contributed by atoms with van der Waals surface area (Å²) in [5.74, 6) is 0. The minimum absolute atomic E-state index is 0.900. The van der Waals surface area contributed by atoms with Gasteiger partial charge in [0, 0.05) is 0 Å². The Kier molecular flexibility index (Phi) is 1.16. The fraction of sp³-hybridized carbons (Fsp3) is 0.200. The van der Waals surface area contributed by atoms with E-state index in [0.717, 1.165) is 5.50 Å². The maximum absolute atomic E-state index is 4.93. The molecule has 1 aromatic heterocycles. The van der Waals surface area contributed by atoms with Crippen molar-refractivity contribution in [3.63, 3.8) is 0 Å². The predicted octanol–water partition coefficient (Wildman–Crippen LogP) is 1.09. The Morgan fingerprint density at radius 3 is 2.57 bits per heavy atom. The van der Waals surface area contributed by atoms with Crippen LogP contribution >= 0.6 is 9.24 Å². The first kappa shape index (κ1) is 4.86. The van der Waals surface area contributed by atoms with Gasteiger partial charge >= 0.3 is 0 Å². The van der Waals surface area contributed by atoms with Crippen LogP contribution in [-0.2, 0) is 0 Å². The van der Waals surface area contributed by atoms with Crippen molar-refractivity contribution in [1.29, 1.82) is 0 Å². The van der Waals surface area contributed by atoms with E-state index in [1.54, 1.807) is 6.26 Å². The smallest absolute Gasteiger partial charge is 0.119 e. The van der Waals surface area contributed by atoms with E-state index in [-0.39, 0.29) is 0 Å². The van der Waals surface area contributed by atoms with Crippen LogP contribution in [0.5, 0.6) is 0 Å². The van der Waals surface area contributed by atoms with E-state index in [1.165, 1.54) is 5.56 Å². The number of furan rings is 1. The average Bonchev–Trinajstić information content (AvgIpc) is 1.87. The van der Waals surface area contributed by atoms with Crippen LogP contribution in [0.15, 0.2) is 16.7 Å². The van der Waals surface area contributed by atoms with Crippen LogP contribution in [-0.4, -0.2) is 0 Å². The molecule has 0 radical (unpaired) electrons. The van der Waals surface area contributed by atoms with Crippen molar-refractivity contribution in [2.24, 2.45) is 0 Å². The first-order valence-corrected chi connectivity index (χ1v) is 2.67. The van der Waals surface area contributed by atoms with Gasteiger partial charge in [-0.2, -0.15) is 0 Å². The Labute approximate surface area is 44.9 Å². The van der Waals surface area contributed by atoms with Crippen molar-refractivity contribution in [3.05, 3.63) is 17.9 Å². The van der Waals surface area contributed by atoms with Crippen LogP contribution in [0.25, 0.3) is 0 Å². The zero-order valence-corrected chi connectivity index (χ0v) is 5.29. The Bertz CT molecular complexity index is 140. The lowest BCUT2D eigenvalue weighted by atomic mass is 10.4. The number of aryl methyl sites for hydroxylation is 1. The average molecular weight is 114 g/mol. The lowest BCUT2D eigenvalue weighted by molar-refractivity contribution is 0.602. The zero-order chi connectivity index (χ0) is 5.28. The highest BCUT2D eigenvalue weighted by Crippen LogP contribution is 1.96. The molecule has 1 rings (SSSR count). The van der Waals surface area contributed by atoms with Crippen molar-refractivity contribution in [1.82, 2.24) is 0 Å². The fourth-order valence-electron chi connectivity index (χ4n) is 0.453. The second-order valence-electron chi connectivity index (χ2n) is 1.53. The fourth-order valence-corrected chi connectivity index (χ4v) is 0.784. The normalized spacial score (nSPS) is 9.43. The Hall–Kier alpha value is -0.290. The third kappa shape index (κ3) is 1.04. The van der Waals surface area contributed by atoms with Gasteiger partial charge in [-0.25, -0.2) is 0 Å². The molecule has 0 aromatic carbocycles. The molecule has 2 heteroatoms. The topological polar surface area (TPSA) is 13.1 Å². The highest BCUT2D eigenvalue weighted by atomic mass is 31.0. The molecule has 0 saturated heterocycles. The third-order valence-electron chi connectivity index (χ3n) is 0.751. The van der Waals surface area contributed by atoms with Gasteiger partial charge in [-0.3, -0.25) is 0 Å². The van der Waals surface area contributed by atoms with E-state index in [0.29, 0.717) is 0 Å². The van der Waals surface area contributed by atoms with E-state index < -0.39 is 0 Å². The molecule has 0 saturated carbocycles. The molecule has 1 unspecified atom stereocenters. The van der Waals surface area contributed by atoms with Gasteiger partial charge in [-0.15, -0.1) is 0 Å². The second kappa shape index (κ2) is 1.67. The minimum atomic E-state index is 0.900. The van der Waals surface area contributed by atoms with Gasteiger partial charge in [0.05, 0.1) is 6.26 Å². The second-order valence-corrected chi connectivity index (χ2v) is 2.10. The molecular weight excluding hydrogens is 107 g/mol. The largest absolute Gasteiger partial charge is 0.465 e. The lowest BCUT2D eigenvalue weighted by Crippen LogP contribution is -1.75. The van der Waals surface area contributed by atoms with Gasteiger partial charge in [0.15, 0.2) is 0 Å². The summed E-state index contributed by atoms with van der Waals surface area (Å²) in [5, 5.41) is 0. The van der Waals surface area contributed by atoms with Crippen molar-refractivity contribution < 1.29 is 4.42 Å². The molecule has 0 bridgehead atoms. The zero-order valence-electron chi connectivity index (χ0n) is 4.14. The summed E-state index contributed by atoms with van der Waals surface area (Å²) >= 11 is 0. The van der Waals surface area contributed by atoms with E-state index >= 15 is 0 Å². The van der Waals surface area contributed by atoms with E-state index in [2.05, 4.69) is 9.24 Å². The summed E-state index contributed by atoms with van der Waals surface area (Å²) in [7, 11) is 2.48. The summed E-state index contributed by atoms with van der Waals surface area (Å²) in [6.45, 7) is 2.00. The van der Waals surface area contributed by atoms with Crippen molar-refractivity contribution in [2.75, 3.05) is 0 Å². The van der Waals surface area contributed by atoms with Gasteiger partial charge in [0.1, 0.15) is 5.50 Å². The highest BCUT2D eigenvalue weighted by molar-refractivity contribution is 7.26. The quantitative estimate of drug-likeness (QED) is 0.460. The maximum atomic E-state index is 4.93. The molecule has 1 nitrogen and oxygen atoms in total. The number of hydrogen-bond acceptors (Lipinski definition) is 1. The van der Waals surface area contributed by atoms with E-state index in [4.69, 9.17) is 4.42 Å². The van der Waals surface area contributed by atoms with Gasteiger partial charge in [-0.1, -0.05) is 9.24 Å². The molecule has 38 valence electrons. The molecule has 0 amide bonds. The number of rotatable bonds is 0. The van der Waals surface area contributed by atoms with Gasteiger partial charge in [0.2, 0.25) is 0 Å². The molecule has 0 N–H and O–H groups in total. The van der Waals surface area contributed by atoms with Crippen LogP contribution in [0.3, 0.4) is 0 Å². The molecule has 0 aliphatic carbocycles. The Morgan fingerprint density at radius 1 is 1.71 bits per heavy atom. The Morgan fingerprint density at radius 2 is 2.43 bits per heavy atom. The molecule has 1 aromatic rings.